The van der Waals surface area contributed by atoms with Gasteiger partial charge in [0.1, 0.15) is 0 Å². The van der Waals surface area contributed by atoms with E-state index >= 15 is 0 Å². The minimum atomic E-state index is -1.26. The summed E-state index contributed by atoms with van der Waals surface area (Å²) in [7, 11) is 0. The summed E-state index contributed by atoms with van der Waals surface area (Å²) < 4.78 is 18.7. The topological polar surface area (TPSA) is 43.4 Å². The van der Waals surface area contributed by atoms with Crippen molar-refractivity contribution in [1.29, 1.82) is 0 Å². The molecule has 0 aromatic heterocycles. The largest absolute Gasteiger partial charge is 0.465 e. The number of ether oxygens (including phenoxy) is 1. The predicted molar refractivity (Wildman–Crippen MR) is 91.7 cm³/mol. The zero-order valence-corrected chi connectivity index (χ0v) is 16.0. The van der Waals surface area contributed by atoms with Crippen LogP contribution in [0.2, 0.25) is 0 Å². The van der Waals surface area contributed by atoms with Gasteiger partial charge >= 0.3 is 12.0 Å². The Morgan fingerprint density at radius 3 is 1.83 bits per heavy atom. The molecule has 23 heavy (non-hydrogen) atoms. The van der Waals surface area contributed by atoms with Crippen molar-refractivity contribution in [2.75, 3.05) is 6.61 Å². The average Bonchev–Trinajstić information content (AvgIpc) is 2.37. The van der Waals surface area contributed by atoms with Crippen molar-refractivity contribution in [3.05, 3.63) is 0 Å². The van der Waals surface area contributed by atoms with Gasteiger partial charge in [-0.05, 0) is 36.5 Å². The maximum atomic E-state index is 13.4. The highest BCUT2D eigenvalue weighted by Crippen LogP contribution is 2.46. The lowest BCUT2D eigenvalue weighted by molar-refractivity contribution is -0.154. The van der Waals surface area contributed by atoms with Crippen LogP contribution in [0.5, 0.6) is 0 Å². The van der Waals surface area contributed by atoms with Crippen molar-refractivity contribution in [3.8, 4) is 0 Å². The molecule has 0 aromatic carbocycles. The van der Waals surface area contributed by atoms with Crippen molar-refractivity contribution in [2.24, 2.45) is 22.7 Å². The monoisotopic (exact) mass is 330 g/mol. The zero-order chi connectivity index (χ0) is 18.3. The molecule has 0 rings (SSSR count). The summed E-state index contributed by atoms with van der Waals surface area (Å²) in [6.45, 7) is 14.2. The molecule has 2 unspecified atom stereocenters. The van der Waals surface area contributed by atoms with E-state index in [1.807, 2.05) is 41.5 Å². The molecule has 0 aliphatic heterocycles. The fourth-order valence-electron chi connectivity index (χ4n) is 3.90. The summed E-state index contributed by atoms with van der Waals surface area (Å²) in [4.78, 5) is 23.7. The summed E-state index contributed by atoms with van der Waals surface area (Å²) in [6.07, 6.45) is 3.58. The van der Waals surface area contributed by atoms with E-state index in [1.165, 1.54) is 0 Å². The fourth-order valence-corrected chi connectivity index (χ4v) is 3.90. The number of rotatable bonds is 11. The number of hydrogen-bond donors (Lipinski definition) is 0. The standard InChI is InChI=1S/C19H35FO3/c1-8-11-12-23-17(22)15(10-3)19(6,7)13-18(4,5)14(9-2)16(20)21/h14-15H,8-13H2,1-7H3. The second kappa shape index (κ2) is 9.39. The first kappa shape index (κ1) is 22.1. The van der Waals surface area contributed by atoms with Gasteiger partial charge in [-0.2, -0.15) is 4.39 Å². The first-order chi connectivity index (χ1) is 10.5. The molecule has 0 aliphatic rings. The maximum Gasteiger partial charge on any atom is 0.309 e. The molecule has 2 atom stereocenters. The van der Waals surface area contributed by atoms with Crippen LogP contribution in [0.4, 0.5) is 4.39 Å². The van der Waals surface area contributed by atoms with E-state index < -0.39 is 17.4 Å². The molecular formula is C19H35FO3. The van der Waals surface area contributed by atoms with Crippen molar-refractivity contribution in [1.82, 2.24) is 0 Å². The van der Waals surface area contributed by atoms with Gasteiger partial charge in [-0.3, -0.25) is 9.59 Å². The fraction of sp³-hybridized carbons (Fsp3) is 0.895. The minimum Gasteiger partial charge on any atom is -0.465 e. The summed E-state index contributed by atoms with van der Waals surface area (Å²) in [5, 5.41) is 0. The SMILES string of the molecule is CCCCOC(=O)C(CC)C(C)(C)CC(C)(C)C(CC)C(=O)F. The van der Waals surface area contributed by atoms with E-state index in [0.717, 1.165) is 12.8 Å². The average molecular weight is 330 g/mol. The Kier molecular flexibility index (Phi) is 9.01. The van der Waals surface area contributed by atoms with E-state index in [1.54, 1.807) is 0 Å². The molecule has 3 nitrogen and oxygen atoms in total. The quantitative estimate of drug-likeness (QED) is 0.292. The highest BCUT2D eigenvalue weighted by atomic mass is 19.1. The lowest BCUT2D eigenvalue weighted by Gasteiger charge is -2.41. The Balaban J connectivity index is 5.11. The van der Waals surface area contributed by atoms with E-state index in [-0.39, 0.29) is 17.3 Å². The first-order valence-corrected chi connectivity index (χ1v) is 8.89. The van der Waals surface area contributed by atoms with Gasteiger partial charge in [0, 0.05) is 0 Å². The van der Waals surface area contributed by atoms with Crippen molar-refractivity contribution < 1.29 is 18.7 Å². The van der Waals surface area contributed by atoms with Gasteiger partial charge < -0.3 is 4.74 Å². The molecule has 0 N–H and O–H groups in total. The third kappa shape index (κ3) is 6.60. The second-order valence-corrected chi connectivity index (χ2v) is 7.90. The molecule has 0 heterocycles. The molecule has 0 aliphatic carbocycles. The van der Waals surface area contributed by atoms with Crippen LogP contribution in [0.15, 0.2) is 0 Å². The van der Waals surface area contributed by atoms with Gasteiger partial charge in [-0.15, -0.1) is 0 Å². The normalized spacial score (nSPS) is 15.1. The number of halogens is 1. The van der Waals surface area contributed by atoms with Crippen molar-refractivity contribution >= 4 is 12.0 Å². The van der Waals surface area contributed by atoms with Crippen LogP contribution in [0, 0.1) is 22.7 Å². The number of unbranched alkanes of at least 4 members (excludes halogenated alkanes) is 1. The number of hydrogen-bond acceptors (Lipinski definition) is 3. The Bertz CT molecular complexity index is 388. The van der Waals surface area contributed by atoms with Gasteiger partial charge in [0.2, 0.25) is 0 Å². The zero-order valence-electron chi connectivity index (χ0n) is 16.0. The molecule has 4 heteroatoms. The molecule has 0 radical (unpaired) electrons. The minimum absolute atomic E-state index is 0.179. The molecule has 0 fully saturated rings. The van der Waals surface area contributed by atoms with Crippen molar-refractivity contribution in [2.45, 2.75) is 80.6 Å². The molecule has 0 bridgehead atoms. The third-order valence-electron chi connectivity index (χ3n) is 4.92. The molecule has 0 aromatic rings. The van der Waals surface area contributed by atoms with Gasteiger partial charge in [0.05, 0.1) is 18.4 Å². The van der Waals surface area contributed by atoms with Crippen LogP contribution in [0.25, 0.3) is 0 Å². The van der Waals surface area contributed by atoms with Crippen LogP contribution in [0.3, 0.4) is 0 Å². The van der Waals surface area contributed by atoms with Crippen molar-refractivity contribution in [3.63, 3.8) is 0 Å². The predicted octanol–water partition coefficient (Wildman–Crippen LogP) is 5.32. The lowest BCUT2D eigenvalue weighted by Crippen LogP contribution is -2.39. The summed E-state index contributed by atoms with van der Waals surface area (Å²) in [5.74, 6) is -1.05. The van der Waals surface area contributed by atoms with Crippen LogP contribution in [-0.2, 0) is 14.3 Å². The molecule has 0 saturated carbocycles. The smallest absolute Gasteiger partial charge is 0.309 e. The van der Waals surface area contributed by atoms with E-state index in [4.69, 9.17) is 4.74 Å². The van der Waals surface area contributed by atoms with Gasteiger partial charge in [-0.25, -0.2) is 0 Å². The summed E-state index contributed by atoms with van der Waals surface area (Å²) in [6, 6.07) is -1.26. The molecule has 0 spiro atoms. The first-order valence-electron chi connectivity index (χ1n) is 8.89. The number of carbonyl (C=O) groups is 2. The molecular weight excluding hydrogens is 295 g/mol. The van der Waals surface area contributed by atoms with Crippen LogP contribution in [0.1, 0.15) is 80.6 Å². The molecule has 0 saturated heterocycles. The highest BCUT2D eigenvalue weighted by Gasteiger charge is 2.43. The second-order valence-electron chi connectivity index (χ2n) is 7.90. The summed E-state index contributed by atoms with van der Waals surface area (Å²) >= 11 is 0. The Morgan fingerprint density at radius 1 is 0.957 bits per heavy atom. The van der Waals surface area contributed by atoms with Gasteiger partial charge in [0.25, 0.3) is 0 Å². The van der Waals surface area contributed by atoms with E-state index in [0.29, 0.717) is 25.9 Å². The Morgan fingerprint density at radius 2 is 1.43 bits per heavy atom. The number of carbonyl (C=O) groups excluding carboxylic acids is 2. The van der Waals surface area contributed by atoms with E-state index in [9.17, 15) is 14.0 Å². The van der Waals surface area contributed by atoms with E-state index in [2.05, 4.69) is 6.92 Å². The lowest BCUT2D eigenvalue weighted by atomic mass is 9.63. The van der Waals surface area contributed by atoms with Crippen LogP contribution < -0.4 is 0 Å². The molecule has 136 valence electrons. The Hall–Kier alpha value is -0.930. The maximum absolute atomic E-state index is 13.4. The third-order valence-corrected chi connectivity index (χ3v) is 4.92. The highest BCUT2D eigenvalue weighted by molar-refractivity contribution is 5.73. The van der Waals surface area contributed by atoms with Gasteiger partial charge in [-0.1, -0.05) is 54.9 Å². The summed E-state index contributed by atoms with van der Waals surface area (Å²) in [5.41, 5.74) is -0.856. The van der Waals surface area contributed by atoms with Gasteiger partial charge in [0.15, 0.2) is 0 Å². The number of esters is 1. The Labute approximate surface area is 141 Å². The van der Waals surface area contributed by atoms with Crippen LogP contribution >= 0.6 is 0 Å². The van der Waals surface area contributed by atoms with Crippen LogP contribution in [-0.4, -0.2) is 18.6 Å². The molecule has 0 amide bonds.